The number of hydrogen-bond acceptors (Lipinski definition) is 2. The zero-order chi connectivity index (χ0) is 13.0. The molecule has 0 amide bonds. The summed E-state index contributed by atoms with van der Waals surface area (Å²) in [6.07, 6.45) is 3.11. The summed E-state index contributed by atoms with van der Waals surface area (Å²) in [6, 6.07) is 13.9. The second kappa shape index (κ2) is 5.52. The minimum Gasteiger partial charge on any atom is -0.507 e. The van der Waals surface area contributed by atoms with E-state index >= 15 is 0 Å². The van der Waals surface area contributed by atoms with Crippen LogP contribution >= 0.6 is 11.6 Å². The molecule has 0 fully saturated rings. The normalized spacial score (nSPS) is 10.7. The highest BCUT2D eigenvalue weighted by molar-refractivity contribution is 6.31. The Bertz CT molecular complexity index is 589. The van der Waals surface area contributed by atoms with Gasteiger partial charge in [-0.25, -0.2) is 0 Å². The Morgan fingerprint density at radius 1 is 1.11 bits per heavy atom. The molecule has 0 aliphatic heterocycles. The highest BCUT2D eigenvalue weighted by Gasteiger charge is 2.08. The maximum Gasteiger partial charge on any atom is 0.189 e. The molecule has 0 spiro atoms. The van der Waals surface area contributed by atoms with Crippen LogP contribution < -0.4 is 0 Å². The molecule has 0 atom stereocenters. The van der Waals surface area contributed by atoms with Crippen LogP contribution in [0.1, 0.15) is 15.9 Å². The lowest BCUT2D eigenvalue weighted by Crippen LogP contribution is -1.94. The van der Waals surface area contributed by atoms with Gasteiger partial charge in [0.05, 0.1) is 5.56 Å². The number of phenolic OH excluding ortho intramolecular Hbond substituents is 1. The lowest BCUT2D eigenvalue weighted by molar-refractivity contribution is 0.104. The van der Waals surface area contributed by atoms with E-state index < -0.39 is 0 Å². The monoisotopic (exact) mass is 258 g/mol. The Labute approximate surface area is 110 Å². The average Bonchev–Trinajstić information content (AvgIpc) is 2.40. The summed E-state index contributed by atoms with van der Waals surface area (Å²) in [6.45, 7) is 0. The zero-order valence-electron chi connectivity index (χ0n) is 9.51. The molecule has 0 aliphatic rings. The van der Waals surface area contributed by atoms with Gasteiger partial charge in [-0.1, -0.05) is 48.0 Å². The molecule has 1 N–H and O–H groups in total. The van der Waals surface area contributed by atoms with Crippen molar-refractivity contribution in [1.82, 2.24) is 0 Å². The highest BCUT2D eigenvalue weighted by Crippen LogP contribution is 2.22. The number of phenols is 1. The molecule has 3 heteroatoms. The quantitative estimate of drug-likeness (QED) is 0.669. The molecule has 0 aromatic heterocycles. The van der Waals surface area contributed by atoms with Crippen LogP contribution in [0.15, 0.2) is 54.6 Å². The van der Waals surface area contributed by atoms with Crippen LogP contribution in [0.3, 0.4) is 0 Å². The second-order valence-electron chi connectivity index (χ2n) is 3.77. The number of carbonyl (C=O) groups is 1. The third kappa shape index (κ3) is 2.99. The fraction of sp³-hybridized carbons (Fsp3) is 0. The number of benzene rings is 2. The van der Waals surface area contributed by atoms with Crippen LogP contribution in [0.25, 0.3) is 6.08 Å². The van der Waals surface area contributed by atoms with Gasteiger partial charge in [0.15, 0.2) is 5.78 Å². The van der Waals surface area contributed by atoms with Crippen molar-refractivity contribution in [2.75, 3.05) is 0 Å². The van der Waals surface area contributed by atoms with Gasteiger partial charge in [-0.2, -0.15) is 0 Å². The van der Waals surface area contributed by atoms with Gasteiger partial charge < -0.3 is 5.11 Å². The molecule has 18 heavy (non-hydrogen) atoms. The van der Waals surface area contributed by atoms with Crippen LogP contribution in [0.4, 0.5) is 0 Å². The number of hydrogen-bond donors (Lipinski definition) is 1. The van der Waals surface area contributed by atoms with Gasteiger partial charge in [0.2, 0.25) is 0 Å². The highest BCUT2D eigenvalue weighted by atomic mass is 35.5. The fourth-order valence-electron chi connectivity index (χ4n) is 1.53. The Hall–Kier alpha value is -2.06. The molecule has 0 heterocycles. The van der Waals surface area contributed by atoms with Gasteiger partial charge in [0.1, 0.15) is 5.75 Å². The Morgan fingerprint density at radius 2 is 1.83 bits per heavy atom. The smallest absolute Gasteiger partial charge is 0.189 e. The maximum atomic E-state index is 11.9. The Kier molecular flexibility index (Phi) is 3.80. The standard InChI is InChI=1S/C15H11ClO2/c16-12-7-9-15(18)13(10-12)14(17)8-6-11-4-2-1-3-5-11/h1-10,18H/b8-6+. The van der Waals surface area contributed by atoms with Gasteiger partial charge in [-0.3, -0.25) is 4.79 Å². The van der Waals surface area contributed by atoms with Crippen molar-refractivity contribution < 1.29 is 9.90 Å². The summed E-state index contributed by atoms with van der Waals surface area (Å²) < 4.78 is 0. The van der Waals surface area contributed by atoms with E-state index in [1.807, 2.05) is 30.3 Å². The van der Waals surface area contributed by atoms with Gasteiger partial charge in [0, 0.05) is 5.02 Å². The molecule has 0 unspecified atom stereocenters. The van der Waals surface area contributed by atoms with Crippen molar-refractivity contribution in [3.8, 4) is 5.75 Å². The molecule has 0 saturated heterocycles. The maximum absolute atomic E-state index is 11.9. The van der Waals surface area contributed by atoms with Gasteiger partial charge in [-0.15, -0.1) is 0 Å². The summed E-state index contributed by atoms with van der Waals surface area (Å²) in [5, 5.41) is 10.0. The van der Waals surface area contributed by atoms with E-state index in [1.165, 1.54) is 24.3 Å². The van der Waals surface area contributed by atoms with E-state index in [2.05, 4.69) is 0 Å². The molecule has 0 aliphatic carbocycles. The summed E-state index contributed by atoms with van der Waals surface area (Å²) >= 11 is 5.79. The van der Waals surface area contributed by atoms with E-state index in [4.69, 9.17) is 11.6 Å². The number of aromatic hydroxyl groups is 1. The number of halogens is 1. The first-order valence-corrected chi connectivity index (χ1v) is 5.80. The van der Waals surface area contributed by atoms with Crippen LogP contribution in [0.2, 0.25) is 5.02 Å². The fourth-order valence-corrected chi connectivity index (χ4v) is 1.70. The van der Waals surface area contributed by atoms with Gasteiger partial charge in [0.25, 0.3) is 0 Å². The first kappa shape index (κ1) is 12.4. The van der Waals surface area contributed by atoms with Crippen LogP contribution in [0.5, 0.6) is 5.75 Å². The Balaban J connectivity index is 2.22. The molecule has 90 valence electrons. The van der Waals surface area contributed by atoms with Crippen molar-refractivity contribution in [2.24, 2.45) is 0 Å². The minimum atomic E-state index is -0.279. The first-order chi connectivity index (χ1) is 8.66. The molecule has 2 aromatic rings. The summed E-state index contributed by atoms with van der Waals surface area (Å²) in [4.78, 5) is 11.9. The Morgan fingerprint density at radius 3 is 2.56 bits per heavy atom. The molecular formula is C15H11ClO2. The van der Waals surface area contributed by atoms with Crippen molar-refractivity contribution in [3.05, 3.63) is 70.8 Å². The predicted octanol–water partition coefficient (Wildman–Crippen LogP) is 3.94. The molecule has 2 aromatic carbocycles. The number of ketones is 1. The van der Waals surface area contributed by atoms with Gasteiger partial charge in [-0.05, 0) is 29.8 Å². The first-order valence-electron chi connectivity index (χ1n) is 5.43. The molecule has 2 rings (SSSR count). The van der Waals surface area contributed by atoms with Crippen LogP contribution in [-0.4, -0.2) is 10.9 Å². The molecule has 2 nitrogen and oxygen atoms in total. The number of allylic oxidation sites excluding steroid dienone is 1. The van der Waals surface area contributed by atoms with Crippen molar-refractivity contribution in [1.29, 1.82) is 0 Å². The molecule has 0 radical (unpaired) electrons. The van der Waals surface area contributed by atoms with E-state index in [0.29, 0.717) is 5.02 Å². The summed E-state index contributed by atoms with van der Waals surface area (Å²) in [5.41, 5.74) is 1.13. The second-order valence-corrected chi connectivity index (χ2v) is 4.21. The van der Waals surface area contributed by atoms with Crippen molar-refractivity contribution >= 4 is 23.5 Å². The third-order valence-electron chi connectivity index (χ3n) is 2.45. The SMILES string of the molecule is O=C(/C=C/c1ccccc1)c1cc(Cl)ccc1O. The largest absolute Gasteiger partial charge is 0.507 e. The predicted molar refractivity (Wildman–Crippen MR) is 72.9 cm³/mol. The van der Waals surface area contributed by atoms with Crippen LogP contribution in [-0.2, 0) is 0 Å². The van der Waals surface area contributed by atoms with Crippen LogP contribution in [0, 0.1) is 0 Å². The van der Waals surface area contributed by atoms with Crippen molar-refractivity contribution in [3.63, 3.8) is 0 Å². The van der Waals surface area contributed by atoms with Gasteiger partial charge >= 0.3 is 0 Å². The lowest BCUT2D eigenvalue weighted by Gasteiger charge is -2.00. The lowest BCUT2D eigenvalue weighted by atomic mass is 10.1. The van der Waals surface area contributed by atoms with E-state index in [-0.39, 0.29) is 17.1 Å². The number of rotatable bonds is 3. The average molecular weight is 259 g/mol. The minimum absolute atomic E-state index is 0.0675. The molecular weight excluding hydrogens is 248 g/mol. The third-order valence-corrected chi connectivity index (χ3v) is 2.69. The topological polar surface area (TPSA) is 37.3 Å². The van der Waals surface area contributed by atoms with E-state index in [9.17, 15) is 9.90 Å². The zero-order valence-corrected chi connectivity index (χ0v) is 10.3. The molecule has 0 bridgehead atoms. The summed E-state index contributed by atoms with van der Waals surface area (Å²) in [5.74, 6) is -0.346. The number of carbonyl (C=O) groups excluding carboxylic acids is 1. The summed E-state index contributed by atoms with van der Waals surface area (Å²) in [7, 11) is 0. The molecule has 0 saturated carbocycles. The van der Waals surface area contributed by atoms with E-state index in [0.717, 1.165) is 5.56 Å². The van der Waals surface area contributed by atoms with E-state index in [1.54, 1.807) is 6.08 Å². The van der Waals surface area contributed by atoms with Crippen molar-refractivity contribution in [2.45, 2.75) is 0 Å².